The lowest BCUT2D eigenvalue weighted by Crippen LogP contribution is -2.09. The van der Waals surface area contributed by atoms with Crippen LogP contribution >= 0.6 is 0 Å². The Hall–Kier alpha value is -6.26. The van der Waals surface area contributed by atoms with Gasteiger partial charge in [0.25, 0.3) is 0 Å². The standard InChI is InChI=1S/C54H54O4/c1-31-23-39(27-45-25-33(3)51(55)36(6)35(45)5)29-47(52(31)56)50(44-21-19-43(20-22-44)42-17-13-10-14-18-42)48-30-40(24-32(2)53(48)57)28-46-26-34(4)54(58)49(38(46)8)37(7)41-15-11-9-12-16-41/h9-26,29-30,37,50,55-58H,27-28H2,1-8H3. The SMILES string of the molecule is Cc1cc(Cc2cc(C)c(O)c(C)c2C)cc(C(c2ccc(-c3ccccc3)cc2)c2cc(Cc3cc(C)c(O)c(C(C)c4ccccc4)c3C)cc(C)c2O)c1O. The number of aromatic hydroxyl groups is 4. The van der Waals surface area contributed by atoms with Crippen molar-refractivity contribution in [3.05, 3.63) is 210 Å². The summed E-state index contributed by atoms with van der Waals surface area (Å²) in [6.45, 7) is 16.0. The Morgan fingerprint density at radius 1 is 0.414 bits per heavy atom. The van der Waals surface area contributed by atoms with E-state index >= 15 is 0 Å². The van der Waals surface area contributed by atoms with Crippen molar-refractivity contribution >= 4 is 0 Å². The van der Waals surface area contributed by atoms with Crippen LogP contribution in [-0.4, -0.2) is 20.4 Å². The highest BCUT2D eigenvalue weighted by molar-refractivity contribution is 5.66. The molecule has 0 aromatic heterocycles. The Kier molecular flexibility index (Phi) is 11.2. The van der Waals surface area contributed by atoms with Gasteiger partial charge in [0.1, 0.15) is 23.0 Å². The van der Waals surface area contributed by atoms with Crippen molar-refractivity contribution in [2.24, 2.45) is 0 Å². The van der Waals surface area contributed by atoms with Crippen LogP contribution < -0.4 is 0 Å². The summed E-state index contributed by atoms with van der Waals surface area (Å²) in [5.74, 6) is 0.550. The summed E-state index contributed by atoms with van der Waals surface area (Å²) in [5, 5.41) is 46.1. The predicted octanol–water partition coefficient (Wildman–Crippen LogP) is 12.8. The highest BCUT2D eigenvalue weighted by atomic mass is 16.3. The van der Waals surface area contributed by atoms with Gasteiger partial charge in [0.2, 0.25) is 0 Å². The van der Waals surface area contributed by atoms with Gasteiger partial charge in [-0.05, 0) is 145 Å². The Morgan fingerprint density at radius 2 is 0.862 bits per heavy atom. The van der Waals surface area contributed by atoms with E-state index in [4.69, 9.17) is 0 Å². The molecule has 0 bridgehead atoms. The molecule has 7 rings (SSSR count). The van der Waals surface area contributed by atoms with Crippen LogP contribution in [0.2, 0.25) is 0 Å². The van der Waals surface area contributed by atoms with Gasteiger partial charge >= 0.3 is 0 Å². The molecule has 0 radical (unpaired) electrons. The van der Waals surface area contributed by atoms with Crippen LogP contribution in [0.3, 0.4) is 0 Å². The molecule has 0 aliphatic carbocycles. The van der Waals surface area contributed by atoms with Gasteiger partial charge in [0.15, 0.2) is 0 Å². The molecule has 0 saturated heterocycles. The minimum absolute atomic E-state index is 0.00288. The fourth-order valence-electron chi connectivity index (χ4n) is 8.84. The minimum atomic E-state index is -0.497. The van der Waals surface area contributed by atoms with E-state index in [9.17, 15) is 20.4 Å². The van der Waals surface area contributed by atoms with Crippen LogP contribution in [0.5, 0.6) is 23.0 Å². The summed E-state index contributed by atoms with van der Waals surface area (Å²) in [5.41, 5.74) is 17.1. The number of phenolic OH excluding ortho intramolecular Hbond substituents is 4. The van der Waals surface area contributed by atoms with Gasteiger partial charge in [0, 0.05) is 28.5 Å². The second kappa shape index (κ2) is 16.3. The maximum absolute atomic E-state index is 12.0. The van der Waals surface area contributed by atoms with Gasteiger partial charge in [-0.3, -0.25) is 0 Å². The van der Waals surface area contributed by atoms with Crippen molar-refractivity contribution in [2.45, 2.75) is 80.1 Å². The number of rotatable bonds is 10. The zero-order valence-corrected chi connectivity index (χ0v) is 34.9. The molecule has 4 N–H and O–H groups in total. The van der Waals surface area contributed by atoms with Crippen LogP contribution in [0.1, 0.15) is 108 Å². The Bertz CT molecular complexity index is 2620. The summed E-state index contributed by atoms with van der Waals surface area (Å²) >= 11 is 0. The van der Waals surface area contributed by atoms with Crippen molar-refractivity contribution in [3.63, 3.8) is 0 Å². The molecular weight excluding hydrogens is 713 g/mol. The Morgan fingerprint density at radius 3 is 1.40 bits per heavy atom. The number of hydrogen-bond donors (Lipinski definition) is 4. The lowest BCUT2D eigenvalue weighted by molar-refractivity contribution is 0.454. The molecule has 4 nitrogen and oxygen atoms in total. The molecular formula is C54H54O4. The molecule has 7 aromatic rings. The van der Waals surface area contributed by atoms with Crippen molar-refractivity contribution in [2.75, 3.05) is 0 Å². The first-order chi connectivity index (χ1) is 27.7. The number of hydrogen-bond acceptors (Lipinski definition) is 4. The van der Waals surface area contributed by atoms with Crippen LogP contribution in [0.25, 0.3) is 11.1 Å². The molecule has 0 saturated carbocycles. The van der Waals surface area contributed by atoms with Crippen molar-refractivity contribution in [1.29, 1.82) is 0 Å². The number of benzene rings is 7. The second-order valence-electron chi connectivity index (χ2n) is 16.3. The van der Waals surface area contributed by atoms with Gasteiger partial charge in [-0.25, -0.2) is 0 Å². The van der Waals surface area contributed by atoms with E-state index in [1.54, 1.807) is 0 Å². The largest absolute Gasteiger partial charge is 0.507 e. The maximum atomic E-state index is 12.0. The number of aryl methyl sites for hydroxylation is 4. The first-order valence-electron chi connectivity index (χ1n) is 20.2. The molecule has 0 spiro atoms. The maximum Gasteiger partial charge on any atom is 0.122 e. The first kappa shape index (κ1) is 40.0. The second-order valence-corrected chi connectivity index (χ2v) is 16.3. The summed E-state index contributed by atoms with van der Waals surface area (Å²) in [6.07, 6.45) is 1.22. The Labute approximate surface area is 343 Å². The molecule has 2 atom stereocenters. The third-order valence-corrected chi connectivity index (χ3v) is 12.3. The summed E-state index contributed by atoms with van der Waals surface area (Å²) < 4.78 is 0. The van der Waals surface area contributed by atoms with Gasteiger partial charge in [-0.15, -0.1) is 0 Å². The van der Waals surface area contributed by atoms with E-state index in [-0.39, 0.29) is 17.4 Å². The van der Waals surface area contributed by atoms with E-state index in [0.717, 1.165) is 94.6 Å². The van der Waals surface area contributed by atoms with Gasteiger partial charge in [-0.1, -0.05) is 128 Å². The molecule has 58 heavy (non-hydrogen) atoms. The predicted molar refractivity (Wildman–Crippen MR) is 238 cm³/mol. The fraction of sp³-hybridized carbons (Fsp3) is 0.222. The molecule has 294 valence electrons. The van der Waals surface area contributed by atoms with Gasteiger partial charge < -0.3 is 20.4 Å². The van der Waals surface area contributed by atoms with E-state index in [1.165, 1.54) is 0 Å². The van der Waals surface area contributed by atoms with Crippen LogP contribution in [0.15, 0.2) is 121 Å². The third kappa shape index (κ3) is 7.72. The van der Waals surface area contributed by atoms with Gasteiger partial charge in [-0.2, -0.15) is 0 Å². The summed E-state index contributed by atoms with van der Waals surface area (Å²) in [7, 11) is 0. The third-order valence-electron chi connectivity index (χ3n) is 12.3. The molecule has 7 aromatic carbocycles. The van der Waals surface area contributed by atoms with Crippen molar-refractivity contribution in [3.8, 4) is 34.1 Å². The average molecular weight is 767 g/mol. The van der Waals surface area contributed by atoms with E-state index in [0.29, 0.717) is 29.9 Å². The summed E-state index contributed by atoms with van der Waals surface area (Å²) in [6, 6.07) is 41.4. The molecule has 0 fully saturated rings. The molecule has 0 aliphatic rings. The average Bonchev–Trinajstić information content (AvgIpc) is 3.22. The van der Waals surface area contributed by atoms with E-state index in [1.807, 2.05) is 84.0 Å². The molecule has 0 heterocycles. The minimum Gasteiger partial charge on any atom is -0.507 e. The van der Waals surface area contributed by atoms with E-state index < -0.39 is 5.92 Å². The molecule has 2 unspecified atom stereocenters. The quantitative estimate of drug-likeness (QED) is 0.105. The van der Waals surface area contributed by atoms with Crippen LogP contribution in [0, 0.1) is 48.5 Å². The zero-order chi connectivity index (χ0) is 41.4. The van der Waals surface area contributed by atoms with E-state index in [2.05, 4.69) is 92.7 Å². The number of phenols is 4. The first-order valence-corrected chi connectivity index (χ1v) is 20.2. The smallest absolute Gasteiger partial charge is 0.122 e. The highest BCUT2D eigenvalue weighted by Gasteiger charge is 2.27. The molecule has 0 aliphatic heterocycles. The Balaban J connectivity index is 1.37. The normalized spacial score (nSPS) is 12.4. The molecule has 0 amide bonds. The lowest BCUT2D eigenvalue weighted by atomic mass is 9.79. The highest BCUT2D eigenvalue weighted by Crippen LogP contribution is 2.45. The zero-order valence-electron chi connectivity index (χ0n) is 34.9. The van der Waals surface area contributed by atoms with Crippen molar-refractivity contribution in [1.82, 2.24) is 0 Å². The topological polar surface area (TPSA) is 80.9 Å². The van der Waals surface area contributed by atoms with Gasteiger partial charge in [0.05, 0.1) is 0 Å². The molecule has 4 heteroatoms. The lowest BCUT2D eigenvalue weighted by Gasteiger charge is -2.25. The van der Waals surface area contributed by atoms with Crippen molar-refractivity contribution < 1.29 is 20.4 Å². The monoisotopic (exact) mass is 766 g/mol. The fourth-order valence-corrected chi connectivity index (χ4v) is 8.84. The van der Waals surface area contributed by atoms with Crippen LogP contribution in [0.4, 0.5) is 0 Å². The van der Waals surface area contributed by atoms with Crippen LogP contribution in [-0.2, 0) is 12.8 Å². The summed E-state index contributed by atoms with van der Waals surface area (Å²) in [4.78, 5) is 0.